The lowest BCUT2D eigenvalue weighted by molar-refractivity contribution is 0.101. The van der Waals surface area contributed by atoms with Crippen molar-refractivity contribution in [3.63, 3.8) is 0 Å². The van der Waals surface area contributed by atoms with E-state index in [1.54, 1.807) is 55.5 Å². The van der Waals surface area contributed by atoms with Crippen LogP contribution in [0.15, 0.2) is 93.9 Å². The summed E-state index contributed by atoms with van der Waals surface area (Å²) >= 11 is 0. The maximum Gasteiger partial charge on any atom is 0.282 e. The number of carbonyl (C=O) groups excluding carboxylic acids is 1. The highest BCUT2D eigenvalue weighted by atomic mass is 27.0. The summed E-state index contributed by atoms with van der Waals surface area (Å²) in [5.41, 5.74) is 1.99. The third-order valence-corrected chi connectivity index (χ3v) is 4.47. The molecule has 0 aliphatic rings. The van der Waals surface area contributed by atoms with E-state index in [0.29, 0.717) is 17.1 Å². The van der Waals surface area contributed by atoms with Crippen LogP contribution >= 0.6 is 0 Å². The van der Waals surface area contributed by atoms with Crippen molar-refractivity contribution in [3.8, 4) is 17.2 Å². The molecule has 165 valence electrons. The second kappa shape index (κ2) is 11.6. The number of aryl methyl sites for hydroxylation is 1. The standard InChI is InChI=1S/C12H12N2O2.C12H10N2O2.Al/c1-8-11(9(2)15)12(16)14(13-8)10-6-4-3-5-7-10;15-11-7-3-1-5-9(11)13-14-10-6-2-4-8-12(10)16;/h3-7,13H,1-2H3;1-8,15-16H;. The van der Waals surface area contributed by atoms with Crippen LogP contribution in [0.1, 0.15) is 23.0 Å². The minimum absolute atomic E-state index is 0. The van der Waals surface area contributed by atoms with Crippen LogP contribution in [0, 0.1) is 6.92 Å². The smallest absolute Gasteiger partial charge is 0.282 e. The molecule has 33 heavy (non-hydrogen) atoms. The summed E-state index contributed by atoms with van der Waals surface area (Å²) in [7, 11) is 0. The minimum Gasteiger partial charge on any atom is -0.506 e. The van der Waals surface area contributed by atoms with Gasteiger partial charge in [0.05, 0.1) is 5.69 Å². The fraction of sp³-hybridized carbons (Fsp3) is 0.0833. The lowest BCUT2D eigenvalue weighted by Crippen LogP contribution is -2.19. The Bertz CT molecular complexity index is 1270. The molecule has 0 saturated carbocycles. The molecule has 3 aromatic carbocycles. The Morgan fingerprint density at radius 1 is 0.818 bits per heavy atom. The van der Waals surface area contributed by atoms with Gasteiger partial charge >= 0.3 is 0 Å². The lowest BCUT2D eigenvalue weighted by atomic mass is 10.2. The number of hydrogen-bond donors (Lipinski definition) is 3. The topological polar surface area (TPSA) is 120 Å². The van der Waals surface area contributed by atoms with Gasteiger partial charge in [-0.25, -0.2) is 4.68 Å². The van der Waals surface area contributed by atoms with Crippen molar-refractivity contribution < 1.29 is 15.0 Å². The SMILES string of the molecule is CC(=O)c1c(C)[nH]n(-c2ccccc2)c1=O.Oc1ccccc1N=Nc1ccccc1O.[Al]. The molecule has 1 heterocycles. The van der Waals surface area contributed by atoms with Crippen molar-refractivity contribution in [2.24, 2.45) is 10.2 Å². The largest absolute Gasteiger partial charge is 0.506 e. The maximum atomic E-state index is 11.9. The van der Waals surface area contributed by atoms with Gasteiger partial charge in [-0.05, 0) is 50.2 Å². The van der Waals surface area contributed by atoms with Crippen LogP contribution in [0.4, 0.5) is 11.4 Å². The molecule has 0 amide bonds. The lowest BCUT2D eigenvalue weighted by Gasteiger charge is -1.99. The van der Waals surface area contributed by atoms with Crippen LogP contribution in [0.25, 0.3) is 5.69 Å². The van der Waals surface area contributed by atoms with Gasteiger partial charge in [0.2, 0.25) is 0 Å². The molecule has 8 nitrogen and oxygen atoms in total. The van der Waals surface area contributed by atoms with Gasteiger partial charge in [0, 0.05) is 23.1 Å². The van der Waals surface area contributed by atoms with Crippen LogP contribution in [0.3, 0.4) is 0 Å². The van der Waals surface area contributed by atoms with Gasteiger partial charge in [-0.3, -0.25) is 14.7 Å². The first-order valence-electron chi connectivity index (χ1n) is 9.74. The van der Waals surface area contributed by atoms with E-state index < -0.39 is 0 Å². The van der Waals surface area contributed by atoms with E-state index in [0.717, 1.165) is 5.69 Å². The number of nitrogens with one attached hydrogen (secondary N) is 1. The van der Waals surface area contributed by atoms with Gasteiger partial charge in [-0.2, -0.15) is 0 Å². The van der Waals surface area contributed by atoms with Crippen molar-refractivity contribution >= 4 is 34.5 Å². The second-order valence-corrected chi connectivity index (χ2v) is 6.82. The number of benzene rings is 3. The van der Waals surface area contributed by atoms with Gasteiger partial charge < -0.3 is 10.2 Å². The summed E-state index contributed by atoms with van der Waals surface area (Å²) in [6.45, 7) is 3.12. The Balaban J connectivity index is 0.000000227. The van der Waals surface area contributed by atoms with Crippen LogP contribution in [0.5, 0.6) is 11.5 Å². The molecule has 3 radical (unpaired) electrons. The number of carbonyl (C=O) groups is 1. The second-order valence-electron chi connectivity index (χ2n) is 6.82. The third kappa shape index (κ3) is 6.29. The van der Waals surface area contributed by atoms with Crippen LogP contribution in [-0.2, 0) is 0 Å². The Kier molecular flexibility index (Phi) is 8.92. The predicted molar refractivity (Wildman–Crippen MR) is 127 cm³/mol. The van der Waals surface area contributed by atoms with Crippen molar-refractivity contribution in [2.45, 2.75) is 13.8 Å². The normalized spacial score (nSPS) is 10.2. The first-order valence-corrected chi connectivity index (χ1v) is 9.74. The zero-order chi connectivity index (χ0) is 23.1. The summed E-state index contributed by atoms with van der Waals surface area (Å²) in [6.07, 6.45) is 0. The number of nitrogens with zero attached hydrogens (tertiary/aromatic N) is 3. The summed E-state index contributed by atoms with van der Waals surface area (Å²) < 4.78 is 1.38. The molecule has 0 saturated heterocycles. The zero-order valence-corrected chi connectivity index (χ0v) is 19.3. The Labute approximate surface area is 201 Å². The molecule has 1 aromatic heterocycles. The number of H-pyrrole nitrogens is 1. The van der Waals surface area contributed by atoms with Crippen LogP contribution in [0.2, 0.25) is 0 Å². The summed E-state index contributed by atoms with van der Waals surface area (Å²) in [5.74, 6) is -0.100. The van der Waals surface area contributed by atoms with E-state index in [9.17, 15) is 19.8 Å². The Hall–Kier alpha value is -3.93. The molecule has 0 aliphatic heterocycles. The number of phenols is 2. The number of phenolic OH excluding ortho intramolecular Hbond substituents is 2. The number of hydrogen-bond acceptors (Lipinski definition) is 6. The number of rotatable bonds is 4. The first kappa shape index (κ1) is 25.3. The van der Waals surface area contributed by atoms with Gasteiger partial charge in [0.15, 0.2) is 5.78 Å². The van der Waals surface area contributed by atoms with Gasteiger partial charge in [0.25, 0.3) is 5.56 Å². The first-order chi connectivity index (χ1) is 15.4. The average molecular weight is 457 g/mol. The van der Waals surface area contributed by atoms with E-state index in [1.807, 2.05) is 18.2 Å². The minimum atomic E-state index is -0.295. The third-order valence-electron chi connectivity index (χ3n) is 4.47. The van der Waals surface area contributed by atoms with Crippen LogP contribution < -0.4 is 5.56 Å². The molecular weight excluding hydrogens is 435 g/mol. The number of aromatic nitrogens is 2. The maximum absolute atomic E-state index is 11.9. The van der Waals surface area contributed by atoms with E-state index in [1.165, 1.54) is 23.7 Å². The quantitative estimate of drug-likeness (QED) is 0.231. The highest BCUT2D eigenvalue weighted by Crippen LogP contribution is 2.30. The van der Waals surface area contributed by atoms with Crippen molar-refractivity contribution in [1.29, 1.82) is 0 Å². The Morgan fingerprint density at radius 2 is 1.27 bits per heavy atom. The van der Waals surface area contributed by atoms with Crippen molar-refractivity contribution in [1.82, 2.24) is 9.78 Å². The van der Waals surface area contributed by atoms with Crippen molar-refractivity contribution in [3.05, 3.63) is 100 Å². The van der Waals surface area contributed by atoms with Gasteiger partial charge in [0.1, 0.15) is 28.4 Å². The van der Waals surface area contributed by atoms with E-state index in [-0.39, 0.29) is 45.8 Å². The zero-order valence-electron chi connectivity index (χ0n) is 18.1. The molecule has 0 fully saturated rings. The number of azo groups is 1. The van der Waals surface area contributed by atoms with Gasteiger partial charge in [-0.1, -0.05) is 42.5 Å². The van der Waals surface area contributed by atoms with E-state index in [2.05, 4.69) is 15.3 Å². The molecule has 3 N–H and O–H groups in total. The molecule has 0 aliphatic carbocycles. The fourth-order valence-corrected chi connectivity index (χ4v) is 2.93. The van der Waals surface area contributed by atoms with Crippen molar-refractivity contribution in [2.75, 3.05) is 0 Å². The number of aromatic hydroxyl groups is 2. The predicted octanol–water partition coefficient (Wildman–Crippen LogP) is 4.81. The number of para-hydroxylation sites is 3. The monoisotopic (exact) mass is 457 g/mol. The number of ketones is 1. The van der Waals surface area contributed by atoms with E-state index >= 15 is 0 Å². The fourth-order valence-electron chi connectivity index (χ4n) is 2.93. The molecule has 0 bridgehead atoms. The Morgan fingerprint density at radius 3 is 1.70 bits per heavy atom. The summed E-state index contributed by atoms with van der Waals surface area (Å²) in [6, 6.07) is 22.4. The number of aromatic amines is 1. The molecule has 9 heteroatoms. The molecular formula is C24H22AlN4O4. The highest BCUT2D eigenvalue weighted by Gasteiger charge is 2.15. The van der Waals surface area contributed by atoms with Crippen LogP contribution in [-0.4, -0.2) is 43.1 Å². The molecule has 0 atom stereocenters. The molecule has 4 rings (SSSR count). The highest BCUT2D eigenvalue weighted by molar-refractivity contribution is 5.94. The molecule has 0 unspecified atom stereocenters. The number of Topliss-reactive ketones (excluding diaryl/α,β-unsaturated/α-hetero) is 1. The average Bonchev–Trinajstić information content (AvgIpc) is 3.09. The molecule has 4 aromatic rings. The van der Waals surface area contributed by atoms with Gasteiger partial charge in [-0.15, -0.1) is 10.2 Å². The summed E-state index contributed by atoms with van der Waals surface area (Å²) in [5, 5.41) is 29.5. The molecule has 0 spiro atoms. The van der Waals surface area contributed by atoms with E-state index in [4.69, 9.17) is 0 Å². The summed E-state index contributed by atoms with van der Waals surface area (Å²) in [4.78, 5) is 23.2.